The number of Topliss-reactive ketones (excluding diaryl/α,β-unsaturated/α-hetero) is 1. The van der Waals surface area contributed by atoms with Crippen LogP contribution in [0.1, 0.15) is 32.0 Å². The summed E-state index contributed by atoms with van der Waals surface area (Å²) in [5, 5.41) is 0.931. The zero-order valence-electron chi connectivity index (χ0n) is 16.6. The average Bonchev–Trinajstić information content (AvgIpc) is 2.99. The molecule has 152 valence electrons. The lowest BCUT2D eigenvalue weighted by atomic mass is 10.1. The molecule has 0 radical (unpaired) electrons. The van der Waals surface area contributed by atoms with Crippen molar-refractivity contribution in [1.82, 2.24) is 9.29 Å². The molecule has 29 heavy (non-hydrogen) atoms. The van der Waals surface area contributed by atoms with Gasteiger partial charge >= 0.3 is 5.97 Å². The second kappa shape index (κ2) is 7.81. The van der Waals surface area contributed by atoms with E-state index in [0.29, 0.717) is 5.56 Å². The van der Waals surface area contributed by atoms with Gasteiger partial charge in [-0.15, -0.1) is 0 Å². The first-order chi connectivity index (χ1) is 13.6. The van der Waals surface area contributed by atoms with Gasteiger partial charge in [0.1, 0.15) is 0 Å². The summed E-state index contributed by atoms with van der Waals surface area (Å²) in [6.07, 6.45) is 0. The van der Waals surface area contributed by atoms with Crippen molar-refractivity contribution in [2.24, 2.45) is 0 Å². The number of ketones is 1. The van der Waals surface area contributed by atoms with Crippen molar-refractivity contribution >= 4 is 32.7 Å². The molecule has 1 aromatic heterocycles. The summed E-state index contributed by atoms with van der Waals surface area (Å²) >= 11 is 0. The molecule has 0 saturated carbocycles. The first kappa shape index (κ1) is 20.8. The van der Waals surface area contributed by atoms with Crippen LogP contribution in [0.2, 0.25) is 0 Å². The van der Waals surface area contributed by atoms with Gasteiger partial charge in [0.25, 0.3) is 0 Å². The normalized spacial score (nSPS) is 11.8. The van der Waals surface area contributed by atoms with E-state index < -0.39 is 28.4 Å². The molecule has 0 spiro atoms. The van der Waals surface area contributed by atoms with Crippen molar-refractivity contribution in [3.63, 3.8) is 0 Å². The van der Waals surface area contributed by atoms with Crippen LogP contribution in [-0.2, 0) is 14.8 Å². The standard InChI is InChI=1S/C21H22N2O5S/c1-13-14(2)22-19-10-7-16(11-18(13)19)21(25)28-12-20(24)15-5-8-17(9-6-15)29(26,27)23(3)4/h5-11,22H,12H2,1-4H3. The maximum Gasteiger partial charge on any atom is 0.338 e. The average molecular weight is 414 g/mol. The number of benzene rings is 2. The topological polar surface area (TPSA) is 96.5 Å². The van der Waals surface area contributed by atoms with Crippen molar-refractivity contribution in [3.05, 3.63) is 64.8 Å². The Hall–Kier alpha value is -2.97. The predicted octanol–water partition coefficient (Wildman–Crippen LogP) is 3.07. The SMILES string of the molecule is Cc1[nH]c2ccc(C(=O)OCC(=O)c3ccc(S(=O)(=O)N(C)C)cc3)cc2c1C. The lowest BCUT2D eigenvalue weighted by molar-refractivity contribution is 0.0475. The monoisotopic (exact) mass is 414 g/mol. The Morgan fingerprint density at radius 1 is 1.00 bits per heavy atom. The van der Waals surface area contributed by atoms with E-state index in [1.165, 1.54) is 38.4 Å². The lowest BCUT2D eigenvalue weighted by Crippen LogP contribution is -2.22. The molecule has 0 aliphatic rings. The van der Waals surface area contributed by atoms with E-state index in [1.54, 1.807) is 18.2 Å². The zero-order valence-corrected chi connectivity index (χ0v) is 17.5. The second-order valence-corrected chi connectivity index (χ2v) is 9.10. The molecule has 3 rings (SSSR count). The highest BCUT2D eigenvalue weighted by atomic mass is 32.2. The quantitative estimate of drug-likeness (QED) is 0.494. The van der Waals surface area contributed by atoms with Crippen molar-refractivity contribution in [2.75, 3.05) is 20.7 Å². The molecule has 1 heterocycles. The number of hydrogen-bond acceptors (Lipinski definition) is 5. The molecule has 0 amide bonds. The smallest absolute Gasteiger partial charge is 0.338 e. The van der Waals surface area contributed by atoms with Crippen LogP contribution in [0.15, 0.2) is 47.4 Å². The van der Waals surface area contributed by atoms with E-state index in [4.69, 9.17) is 4.74 Å². The Morgan fingerprint density at radius 2 is 1.62 bits per heavy atom. The Morgan fingerprint density at radius 3 is 2.24 bits per heavy atom. The van der Waals surface area contributed by atoms with E-state index in [0.717, 1.165) is 26.5 Å². The minimum absolute atomic E-state index is 0.0847. The van der Waals surface area contributed by atoms with Crippen LogP contribution in [0, 0.1) is 13.8 Å². The first-order valence-electron chi connectivity index (χ1n) is 8.93. The van der Waals surface area contributed by atoms with Gasteiger partial charge in [-0.1, -0.05) is 0 Å². The Labute approximate surface area is 169 Å². The number of hydrogen-bond donors (Lipinski definition) is 1. The largest absolute Gasteiger partial charge is 0.454 e. The fraction of sp³-hybridized carbons (Fsp3) is 0.238. The number of nitrogens with one attached hydrogen (secondary N) is 1. The van der Waals surface area contributed by atoms with E-state index >= 15 is 0 Å². The highest BCUT2D eigenvalue weighted by Crippen LogP contribution is 2.23. The predicted molar refractivity (Wildman–Crippen MR) is 110 cm³/mol. The van der Waals surface area contributed by atoms with Crippen LogP contribution < -0.4 is 0 Å². The molecule has 2 aromatic carbocycles. The summed E-state index contributed by atoms with van der Waals surface area (Å²) in [6.45, 7) is 3.50. The number of aromatic nitrogens is 1. The number of rotatable bonds is 6. The Kier molecular flexibility index (Phi) is 5.59. The number of aromatic amines is 1. The summed E-state index contributed by atoms with van der Waals surface area (Å²) in [7, 11) is -0.703. The van der Waals surface area contributed by atoms with Gasteiger partial charge in [-0.25, -0.2) is 17.5 Å². The summed E-state index contributed by atoms with van der Waals surface area (Å²) in [4.78, 5) is 28.0. The molecule has 0 atom stereocenters. The summed E-state index contributed by atoms with van der Waals surface area (Å²) in [6, 6.07) is 10.7. The van der Waals surface area contributed by atoms with Crippen molar-refractivity contribution < 1.29 is 22.7 Å². The number of esters is 1. The van der Waals surface area contributed by atoms with E-state index in [2.05, 4.69) is 4.98 Å². The van der Waals surface area contributed by atoms with E-state index in [1.807, 2.05) is 13.8 Å². The third-order valence-corrected chi connectivity index (χ3v) is 6.66. The zero-order chi connectivity index (χ0) is 21.3. The van der Waals surface area contributed by atoms with E-state index in [9.17, 15) is 18.0 Å². The Balaban J connectivity index is 1.69. The highest BCUT2D eigenvalue weighted by Gasteiger charge is 2.18. The molecule has 0 bridgehead atoms. The minimum Gasteiger partial charge on any atom is -0.454 e. The molecule has 7 nitrogen and oxygen atoms in total. The molecule has 1 N–H and O–H groups in total. The van der Waals surface area contributed by atoms with Crippen molar-refractivity contribution in [1.29, 1.82) is 0 Å². The molecule has 0 fully saturated rings. The maximum absolute atomic E-state index is 12.3. The number of carbonyl (C=O) groups is 2. The van der Waals surface area contributed by atoms with Crippen LogP contribution in [0.3, 0.4) is 0 Å². The molecule has 0 aliphatic heterocycles. The lowest BCUT2D eigenvalue weighted by Gasteiger charge is -2.11. The fourth-order valence-electron chi connectivity index (χ4n) is 2.91. The van der Waals surface area contributed by atoms with E-state index in [-0.39, 0.29) is 10.5 Å². The molecule has 0 aliphatic carbocycles. The van der Waals surface area contributed by atoms with Crippen LogP contribution in [0.25, 0.3) is 10.9 Å². The van der Waals surface area contributed by atoms with Crippen molar-refractivity contribution in [2.45, 2.75) is 18.7 Å². The van der Waals surface area contributed by atoms with Crippen LogP contribution in [0.4, 0.5) is 0 Å². The van der Waals surface area contributed by atoms with Gasteiger partial charge in [0.2, 0.25) is 10.0 Å². The number of ether oxygens (including phenoxy) is 1. The number of sulfonamides is 1. The first-order valence-corrected chi connectivity index (χ1v) is 10.4. The van der Waals surface area contributed by atoms with Gasteiger partial charge in [0.05, 0.1) is 10.5 Å². The molecule has 0 unspecified atom stereocenters. The molecular weight excluding hydrogens is 392 g/mol. The van der Waals surface area contributed by atoms with Gasteiger partial charge in [-0.3, -0.25) is 4.79 Å². The van der Waals surface area contributed by atoms with Gasteiger partial charge < -0.3 is 9.72 Å². The minimum atomic E-state index is -3.57. The number of aryl methyl sites for hydroxylation is 2. The summed E-state index contributed by atoms with van der Waals surface area (Å²) in [5.41, 5.74) is 3.64. The summed E-state index contributed by atoms with van der Waals surface area (Å²) in [5.74, 6) is -1.01. The van der Waals surface area contributed by atoms with Crippen LogP contribution in [0.5, 0.6) is 0 Å². The molecule has 8 heteroatoms. The molecule has 0 saturated heterocycles. The van der Waals surface area contributed by atoms with Gasteiger partial charge in [-0.2, -0.15) is 0 Å². The van der Waals surface area contributed by atoms with Crippen LogP contribution >= 0.6 is 0 Å². The number of nitrogens with zero attached hydrogens (tertiary/aromatic N) is 1. The van der Waals surface area contributed by atoms with Gasteiger partial charge in [-0.05, 0) is 61.9 Å². The molecular formula is C21H22N2O5S. The fourth-order valence-corrected chi connectivity index (χ4v) is 3.81. The van der Waals surface area contributed by atoms with Gasteiger partial charge in [0.15, 0.2) is 12.4 Å². The van der Waals surface area contributed by atoms with Crippen LogP contribution in [-0.4, -0.2) is 50.2 Å². The summed E-state index contributed by atoms with van der Waals surface area (Å²) < 4.78 is 30.4. The number of H-pyrrole nitrogens is 1. The molecule has 3 aromatic rings. The third-order valence-electron chi connectivity index (χ3n) is 4.83. The Bertz CT molecular complexity index is 1190. The number of fused-ring (bicyclic) bond motifs is 1. The van der Waals surface area contributed by atoms with Crippen molar-refractivity contribution in [3.8, 4) is 0 Å². The maximum atomic E-state index is 12.3. The third kappa shape index (κ3) is 4.08. The van der Waals surface area contributed by atoms with Gasteiger partial charge in [0, 0.05) is 36.3 Å². The highest BCUT2D eigenvalue weighted by molar-refractivity contribution is 7.89. The second-order valence-electron chi connectivity index (χ2n) is 6.95. The number of carbonyl (C=O) groups excluding carboxylic acids is 2.